The Morgan fingerprint density at radius 2 is 1.26 bits per heavy atom. The highest BCUT2D eigenvalue weighted by Crippen LogP contribution is 2.50. The molecule has 21 N–H and O–H groups in total. The molecule has 0 radical (unpaired) electrons. The number of fused-ring (bicyclic) bond motifs is 1. The molecule has 0 saturated heterocycles. The first-order chi connectivity index (χ1) is 33.2. The molecule has 1 heterocycles. The maximum atomic E-state index is 14.6. The second kappa shape index (κ2) is 20.8. The fourth-order valence-electron chi connectivity index (χ4n) is 7.55. The Hall–Kier alpha value is -8.51. The summed E-state index contributed by atoms with van der Waals surface area (Å²) in [4.78, 5) is 123. The number of nitrogen functional groups attached to an aromatic ring is 1. The van der Waals surface area contributed by atoms with E-state index in [2.05, 4.69) is 22.1 Å². The van der Waals surface area contributed by atoms with Gasteiger partial charge in [0, 0.05) is 17.9 Å². The van der Waals surface area contributed by atoms with Crippen LogP contribution in [0, 0.1) is 17.8 Å². The Morgan fingerprint density at radius 1 is 0.694 bits per heavy atom. The average Bonchev–Trinajstić information content (AvgIpc) is 3.26. The molecule has 0 saturated carbocycles. The van der Waals surface area contributed by atoms with Gasteiger partial charge in [-0.3, -0.25) is 9.59 Å². The summed E-state index contributed by atoms with van der Waals surface area (Å²) in [6.07, 6.45) is -27.3. The minimum atomic E-state index is -3.30. The molecule has 2 aromatic rings. The van der Waals surface area contributed by atoms with Gasteiger partial charge in [0.05, 0.1) is 45.9 Å². The van der Waals surface area contributed by atoms with E-state index in [0.29, 0.717) is 0 Å². The number of aliphatic hydroxyl groups excluding tert-OH is 9. The number of aromatic hydroxyl groups is 4. The first-order valence-corrected chi connectivity index (χ1v) is 19.5. The number of aliphatic hydroxyl groups is 9. The Kier molecular flexibility index (Phi) is 16.2. The van der Waals surface area contributed by atoms with E-state index in [1.165, 1.54) is 0 Å². The van der Waals surface area contributed by atoms with Gasteiger partial charge in [0.25, 0.3) is 0 Å². The summed E-state index contributed by atoms with van der Waals surface area (Å²) < 4.78 is 13.8. The number of rotatable bonds is 17. The van der Waals surface area contributed by atoms with Crippen LogP contribution in [-0.2, 0) is 54.3 Å². The van der Waals surface area contributed by atoms with Gasteiger partial charge in [0.1, 0.15) is 69.2 Å². The van der Waals surface area contributed by atoms with Crippen LogP contribution in [0.1, 0.15) is 43.5 Å². The minimum Gasteiger partial charge on any atom is -0.511 e. The van der Waals surface area contributed by atoms with Crippen LogP contribution in [0.15, 0.2) is 21.8 Å². The fourth-order valence-corrected chi connectivity index (χ4v) is 7.87. The number of aromatic carboxylic acids is 1. The Morgan fingerprint density at radius 3 is 1.75 bits per heavy atom. The molecule has 390 valence electrons. The number of esters is 3. The average molecular weight is 1050 g/mol. The number of carbonyl (C=O) groups excluding carboxylic acids is 4. The molecule has 2 aliphatic rings. The number of hydrogen-bond acceptors (Lipinski definition) is 28. The number of phenolic OH excluding ortho intramolecular Hbond substituents is 3. The fraction of sp³-hybridized carbons (Fsp3) is 0.316. The highest BCUT2D eigenvalue weighted by Gasteiger charge is 2.57. The van der Waals surface area contributed by atoms with Crippen LogP contribution in [-0.4, -0.2) is 199 Å². The van der Waals surface area contributed by atoms with E-state index in [9.17, 15) is 140 Å². The number of Topliss-reactive ketones (excluding diaryl/α,β-unsaturated/α-hetero) is 1. The van der Waals surface area contributed by atoms with Crippen LogP contribution in [0.25, 0.3) is 5.76 Å². The van der Waals surface area contributed by atoms with Gasteiger partial charge in [-0.1, -0.05) is 0 Å². The number of thiol groups is 1. The Bertz CT molecular complexity index is 2770. The molecule has 33 nitrogen and oxygen atoms in total. The molecule has 0 aromatic heterocycles. The van der Waals surface area contributed by atoms with Crippen molar-refractivity contribution in [2.75, 3.05) is 5.73 Å². The second-order valence-corrected chi connectivity index (χ2v) is 15.4. The number of carboxylic acids is 6. The van der Waals surface area contributed by atoms with E-state index in [0.717, 1.165) is 0 Å². The minimum absolute atomic E-state index is 1.15. The smallest absolute Gasteiger partial charge is 0.425 e. The number of ketones is 1. The quantitative estimate of drug-likeness (QED) is 0.0134. The molecule has 2 aromatic carbocycles. The predicted octanol–water partition coefficient (Wildman–Crippen LogP) is -5.60. The molecule has 34 heteroatoms. The van der Waals surface area contributed by atoms with Gasteiger partial charge in [0.15, 0.2) is 23.4 Å². The number of benzene rings is 2. The number of anilines is 1. The van der Waals surface area contributed by atoms with Gasteiger partial charge in [-0.05, 0) is 0 Å². The number of phenols is 4. The molecule has 4 rings (SSSR count). The van der Waals surface area contributed by atoms with E-state index >= 15 is 0 Å². The number of carboxylic acid groups (broad SMARTS) is 6. The summed E-state index contributed by atoms with van der Waals surface area (Å²) in [6.45, 7) is 0. The second-order valence-electron chi connectivity index (χ2n) is 15.0. The first-order valence-electron chi connectivity index (χ1n) is 19.0. The van der Waals surface area contributed by atoms with Crippen molar-refractivity contribution in [1.82, 2.24) is 0 Å². The summed E-state index contributed by atoms with van der Waals surface area (Å²) in [7, 11) is 0. The third-order valence-electron chi connectivity index (χ3n) is 10.9. The lowest BCUT2D eigenvalue weighted by Crippen LogP contribution is -2.58. The third kappa shape index (κ3) is 9.80. The van der Waals surface area contributed by atoms with Gasteiger partial charge in [-0.25, -0.2) is 38.4 Å². The topological polar surface area (TPSA) is 609 Å². The highest BCUT2D eigenvalue weighted by atomic mass is 32.1. The van der Waals surface area contributed by atoms with Crippen molar-refractivity contribution in [2.24, 2.45) is 17.8 Å². The van der Waals surface area contributed by atoms with E-state index in [1.54, 1.807) is 0 Å². The lowest BCUT2D eigenvalue weighted by atomic mass is 9.66. The van der Waals surface area contributed by atoms with Crippen molar-refractivity contribution in [1.29, 1.82) is 0 Å². The Balaban J connectivity index is 1.99. The number of hydrogen-bond donors (Lipinski definition) is 21. The van der Waals surface area contributed by atoms with Crippen LogP contribution in [0.2, 0.25) is 0 Å². The molecular weight excluding hydrogens is 1010 g/mol. The number of aliphatic carboxylic acids is 5. The molecule has 0 bridgehead atoms. The third-order valence-corrected chi connectivity index (χ3v) is 11.4. The summed E-state index contributed by atoms with van der Waals surface area (Å²) >= 11 is 3.63. The number of nitrogens with two attached hydrogens (primary N) is 1. The predicted molar refractivity (Wildman–Crippen MR) is 217 cm³/mol. The zero-order valence-electron chi connectivity index (χ0n) is 34.9. The van der Waals surface area contributed by atoms with Crippen LogP contribution >= 0.6 is 12.6 Å². The summed E-state index contributed by atoms with van der Waals surface area (Å²) in [6, 6.07) is 0. The maximum absolute atomic E-state index is 14.6. The summed E-state index contributed by atoms with van der Waals surface area (Å²) in [5, 5.41) is 199. The van der Waals surface area contributed by atoms with Crippen LogP contribution in [0.3, 0.4) is 0 Å². The lowest BCUT2D eigenvalue weighted by molar-refractivity contribution is -0.176. The lowest BCUT2D eigenvalue weighted by Gasteiger charge is -2.42. The molecule has 0 fully saturated rings. The van der Waals surface area contributed by atoms with Crippen molar-refractivity contribution < 1.29 is 159 Å². The summed E-state index contributed by atoms with van der Waals surface area (Å²) in [5.74, 6) is -44.5. The van der Waals surface area contributed by atoms with Gasteiger partial charge in [-0.15, -0.1) is 12.6 Å². The van der Waals surface area contributed by atoms with Crippen molar-refractivity contribution in [3.63, 3.8) is 0 Å². The number of ether oxygens (including phenoxy) is 3. The molecule has 0 amide bonds. The summed E-state index contributed by atoms with van der Waals surface area (Å²) in [5.41, 5.74) is -6.21. The SMILES string of the molecule is Nc1c(O)c(C(=O)OC(=O)C(=O)O)c2c(c1CC(=O)C(C(O)C(O)C(O)C(=O)O)C1C(O)C(C(=O)OC(C(=O)O)C(O)c3c(O)c(O)c(C(=O)O)c(S)c3O)=C(O)C(C(=O)O)C1O)OC(O)C(C(=O)O)=C2O. The Labute approximate surface area is 399 Å². The van der Waals surface area contributed by atoms with E-state index in [-0.39, 0.29) is 0 Å². The molecule has 11 unspecified atom stereocenters. The van der Waals surface area contributed by atoms with E-state index in [1.807, 2.05) is 0 Å². The van der Waals surface area contributed by atoms with Crippen LogP contribution in [0.4, 0.5) is 5.69 Å². The molecule has 72 heavy (non-hydrogen) atoms. The van der Waals surface area contributed by atoms with Crippen LogP contribution in [0.5, 0.6) is 28.7 Å². The van der Waals surface area contributed by atoms with E-state index < -0.39 is 223 Å². The van der Waals surface area contributed by atoms with Crippen molar-refractivity contribution in [3.05, 3.63) is 44.7 Å². The van der Waals surface area contributed by atoms with E-state index in [4.69, 9.17) is 15.6 Å². The van der Waals surface area contributed by atoms with Crippen molar-refractivity contribution in [2.45, 2.75) is 60.3 Å². The largest absolute Gasteiger partial charge is 0.511 e. The van der Waals surface area contributed by atoms with Gasteiger partial charge in [-0.2, -0.15) is 0 Å². The monoisotopic (exact) mass is 1050 g/mol. The molecular formula is C38H35NO32S. The standard InChI is InChI=1S/C38H35NO32S/c39-13-2(26-6(16(43)12(31(57)58)37(67)69-26)7(18(13)45)35(65)71-38(68)34(63)64)1-3(40)4(19(46)24(51)25(52)32(59)60)5-14(41)9(29(53)54)17(44)10(15(5)42)36(66)70-27(33(61)62)22(49)8-20(47)21(48)11(30(55)56)28(72)23(8)50/h4-5,9,14-15,19,22,24-25,27,37,41-52,67,72H,1,39H2,(H,53,54)(H,55,56)(H,57,58)(H,59,60)(H,61,62)(H,63,64). The van der Waals surface area contributed by atoms with Crippen molar-refractivity contribution in [3.8, 4) is 28.7 Å². The molecule has 1 aliphatic carbocycles. The highest BCUT2D eigenvalue weighted by molar-refractivity contribution is 7.80. The number of carbonyl (C=O) groups is 10. The molecule has 1 aliphatic heterocycles. The van der Waals surface area contributed by atoms with Crippen molar-refractivity contribution >= 4 is 83.6 Å². The van der Waals surface area contributed by atoms with Crippen LogP contribution < -0.4 is 10.5 Å². The molecule has 0 spiro atoms. The van der Waals surface area contributed by atoms with Gasteiger partial charge >= 0.3 is 53.7 Å². The first kappa shape index (κ1) is 56.1. The maximum Gasteiger partial charge on any atom is 0.425 e. The zero-order chi connectivity index (χ0) is 55.2. The van der Waals surface area contributed by atoms with Gasteiger partial charge < -0.3 is 117 Å². The van der Waals surface area contributed by atoms with Gasteiger partial charge in [0.2, 0.25) is 12.4 Å². The normalized spacial score (nSPS) is 21.1. The zero-order valence-corrected chi connectivity index (χ0v) is 35.8. The molecule has 11 atom stereocenters.